The third-order valence-corrected chi connectivity index (χ3v) is 7.47. The molecule has 5 aliphatic rings. The van der Waals surface area contributed by atoms with E-state index in [4.69, 9.17) is 0 Å². The summed E-state index contributed by atoms with van der Waals surface area (Å²) in [4.78, 5) is 15.7. The Morgan fingerprint density at radius 3 is 2.19 bits per heavy atom. The van der Waals surface area contributed by atoms with Crippen LogP contribution in [0.1, 0.15) is 74.6 Å². The van der Waals surface area contributed by atoms with E-state index in [1.165, 1.54) is 64.2 Å². The third-order valence-electron chi connectivity index (χ3n) is 7.47. The van der Waals surface area contributed by atoms with Crippen molar-refractivity contribution in [3.05, 3.63) is 11.8 Å². The lowest BCUT2D eigenvalue weighted by molar-refractivity contribution is -0.0166. The molecule has 0 unspecified atom stereocenters. The zero-order valence-electron chi connectivity index (χ0n) is 16.0. The maximum absolute atomic E-state index is 13.3. The smallest absolute Gasteiger partial charge is 0.257 e. The van der Waals surface area contributed by atoms with E-state index in [-0.39, 0.29) is 11.4 Å². The lowest BCUT2D eigenvalue weighted by Crippen LogP contribution is -2.59. The number of hydrogen-bond acceptors (Lipinski definition) is 3. The average Bonchev–Trinajstić information content (AvgIpc) is 2.78. The van der Waals surface area contributed by atoms with Gasteiger partial charge in [0.25, 0.3) is 5.91 Å². The predicted molar refractivity (Wildman–Crippen MR) is 102 cm³/mol. The van der Waals surface area contributed by atoms with Crippen LogP contribution in [0, 0.1) is 17.8 Å². The highest BCUT2D eigenvalue weighted by molar-refractivity contribution is 5.99. The van der Waals surface area contributed by atoms with Gasteiger partial charge < -0.3 is 10.2 Å². The normalized spacial score (nSPS) is 36.2. The van der Waals surface area contributed by atoms with Gasteiger partial charge >= 0.3 is 0 Å². The maximum atomic E-state index is 13.3. The van der Waals surface area contributed by atoms with Gasteiger partial charge in [-0.05, 0) is 69.1 Å². The number of anilines is 1. The molecular weight excluding hydrogens is 324 g/mol. The minimum Gasteiger partial charge on any atom is -0.356 e. The Bertz CT molecular complexity index is 651. The summed E-state index contributed by atoms with van der Waals surface area (Å²) in [6.07, 6.45) is 14.6. The van der Waals surface area contributed by atoms with Gasteiger partial charge in [0.1, 0.15) is 11.4 Å². The molecule has 1 saturated heterocycles. The monoisotopic (exact) mass is 356 g/mol. The Kier molecular flexibility index (Phi) is 4.02. The molecule has 6 rings (SSSR count). The number of amides is 1. The van der Waals surface area contributed by atoms with E-state index < -0.39 is 0 Å². The Balaban J connectivity index is 1.38. The van der Waals surface area contributed by atoms with E-state index in [0.717, 1.165) is 42.2 Å². The van der Waals surface area contributed by atoms with Gasteiger partial charge in [0, 0.05) is 25.7 Å². The first-order valence-corrected chi connectivity index (χ1v) is 10.7. The molecule has 4 saturated carbocycles. The summed E-state index contributed by atoms with van der Waals surface area (Å²) in [5.41, 5.74) is 0.850. The summed E-state index contributed by atoms with van der Waals surface area (Å²) in [5, 5.41) is 7.98. The molecule has 5 heteroatoms. The fourth-order valence-electron chi connectivity index (χ4n) is 6.82. The van der Waals surface area contributed by atoms with Crippen molar-refractivity contribution >= 4 is 11.7 Å². The summed E-state index contributed by atoms with van der Waals surface area (Å²) in [5.74, 6) is 3.68. The van der Waals surface area contributed by atoms with Crippen LogP contribution in [0.2, 0.25) is 0 Å². The van der Waals surface area contributed by atoms with Gasteiger partial charge in [0.05, 0.1) is 6.20 Å². The molecule has 142 valence electrons. The number of carbonyl (C=O) groups is 1. The highest BCUT2D eigenvalue weighted by atomic mass is 16.2. The molecule has 0 spiro atoms. The van der Waals surface area contributed by atoms with Crippen LogP contribution in [0.3, 0.4) is 0 Å². The Hall–Kier alpha value is -1.52. The molecule has 1 aromatic heterocycles. The number of rotatable bonds is 3. The maximum Gasteiger partial charge on any atom is 0.257 e. The standard InChI is InChI=1S/C21H32N4O/c1-24-20(25-6-4-2-3-5-7-25)18(14-22-24)19(26)23-21-11-15-8-16(12-21)10-17(9-15)13-21/h14-17H,2-13H2,1H3,(H,23,26). The molecule has 26 heavy (non-hydrogen) atoms. The average molecular weight is 357 g/mol. The molecule has 1 amide bonds. The number of aryl methyl sites for hydroxylation is 1. The molecular formula is C21H32N4O. The summed E-state index contributed by atoms with van der Waals surface area (Å²) in [7, 11) is 1.97. The second kappa shape index (κ2) is 6.28. The van der Waals surface area contributed by atoms with Crippen molar-refractivity contribution in [3.63, 3.8) is 0 Å². The van der Waals surface area contributed by atoms with Gasteiger partial charge in [-0.3, -0.25) is 9.48 Å². The number of nitrogens with zero attached hydrogens (tertiary/aromatic N) is 3. The van der Waals surface area contributed by atoms with Crippen LogP contribution in [-0.4, -0.2) is 34.3 Å². The largest absolute Gasteiger partial charge is 0.356 e. The summed E-state index contributed by atoms with van der Waals surface area (Å²) >= 11 is 0. The lowest BCUT2D eigenvalue weighted by Gasteiger charge is -2.56. The first kappa shape index (κ1) is 16.6. The molecule has 1 N–H and O–H groups in total. The Labute approximate surface area is 156 Å². The minimum atomic E-state index is 0.0672. The molecule has 1 aliphatic heterocycles. The van der Waals surface area contributed by atoms with Crippen molar-refractivity contribution < 1.29 is 4.79 Å². The van der Waals surface area contributed by atoms with E-state index >= 15 is 0 Å². The van der Waals surface area contributed by atoms with Crippen LogP contribution >= 0.6 is 0 Å². The van der Waals surface area contributed by atoms with Crippen molar-refractivity contribution in [2.75, 3.05) is 18.0 Å². The molecule has 1 aromatic rings. The van der Waals surface area contributed by atoms with Crippen molar-refractivity contribution in [1.29, 1.82) is 0 Å². The molecule has 0 aromatic carbocycles. The Morgan fingerprint density at radius 1 is 1.04 bits per heavy atom. The predicted octanol–water partition coefficient (Wildman–Crippen LogP) is 3.50. The number of carbonyl (C=O) groups excluding carboxylic acids is 1. The summed E-state index contributed by atoms with van der Waals surface area (Å²) < 4.78 is 1.90. The van der Waals surface area contributed by atoms with Crippen molar-refractivity contribution in [2.24, 2.45) is 24.8 Å². The highest BCUT2D eigenvalue weighted by Gasteiger charge is 2.51. The van der Waals surface area contributed by atoms with E-state index in [1.807, 2.05) is 11.7 Å². The van der Waals surface area contributed by atoms with Gasteiger partial charge in [0.15, 0.2) is 0 Å². The van der Waals surface area contributed by atoms with Crippen LogP contribution in [0.5, 0.6) is 0 Å². The molecule has 0 radical (unpaired) electrons. The zero-order valence-corrected chi connectivity index (χ0v) is 16.0. The SMILES string of the molecule is Cn1ncc(C(=O)NC23CC4CC(CC(C4)C2)C3)c1N1CCCCCC1. The second-order valence-corrected chi connectivity index (χ2v) is 9.56. The second-order valence-electron chi connectivity index (χ2n) is 9.56. The summed E-state index contributed by atoms with van der Waals surface area (Å²) in [6, 6.07) is 0. The molecule has 5 nitrogen and oxygen atoms in total. The molecule has 4 aliphatic carbocycles. The van der Waals surface area contributed by atoms with Crippen molar-refractivity contribution in [2.45, 2.75) is 69.7 Å². The van der Waals surface area contributed by atoms with Crippen molar-refractivity contribution in [1.82, 2.24) is 15.1 Å². The first-order chi connectivity index (χ1) is 12.6. The number of hydrogen-bond donors (Lipinski definition) is 1. The van der Waals surface area contributed by atoms with Gasteiger partial charge in [-0.15, -0.1) is 0 Å². The van der Waals surface area contributed by atoms with E-state index in [0.29, 0.717) is 0 Å². The van der Waals surface area contributed by atoms with Crippen LogP contribution in [0.25, 0.3) is 0 Å². The molecule has 4 bridgehead atoms. The van der Waals surface area contributed by atoms with Crippen LogP contribution in [-0.2, 0) is 7.05 Å². The van der Waals surface area contributed by atoms with Gasteiger partial charge in [-0.1, -0.05) is 12.8 Å². The van der Waals surface area contributed by atoms with E-state index in [9.17, 15) is 4.79 Å². The van der Waals surface area contributed by atoms with Gasteiger partial charge in [-0.25, -0.2) is 0 Å². The van der Waals surface area contributed by atoms with Crippen LogP contribution in [0.4, 0.5) is 5.82 Å². The lowest BCUT2D eigenvalue weighted by atomic mass is 9.53. The Morgan fingerprint density at radius 2 is 1.62 bits per heavy atom. The number of nitrogens with one attached hydrogen (secondary N) is 1. The minimum absolute atomic E-state index is 0.0672. The van der Waals surface area contributed by atoms with Crippen LogP contribution in [0.15, 0.2) is 6.20 Å². The highest BCUT2D eigenvalue weighted by Crippen LogP contribution is 2.55. The van der Waals surface area contributed by atoms with Crippen LogP contribution < -0.4 is 10.2 Å². The quantitative estimate of drug-likeness (QED) is 0.902. The van der Waals surface area contributed by atoms with E-state index in [2.05, 4.69) is 15.3 Å². The fraction of sp³-hybridized carbons (Fsp3) is 0.810. The van der Waals surface area contributed by atoms with Gasteiger partial charge in [0.2, 0.25) is 0 Å². The summed E-state index contributed by atoms with van der Waals surface area (Å²) in [6.45, 7) is 2.08. The first-order valence-electron chi connectivity index (χ1n) is 10.7. The zero-order chi connectivity index (χ0) is 17.7. The van der Waals surface area contributed by atoms with Crippen molar-refractivity contribution in [3.8, 4) is 0 Å². The van der Waals surface area contributed by atoms with Gasteiger partial charge in [-0.2, -0.15) is 5.10 Å². The van der Waals surface area contributed by atoms with E-state index in [1.54, 1.807) is 6.20 Å². The fourth-order valence-corrected chi connectivity index (χ4v) is 6.82. The molecule has 5 fully saturated rings. The number of aromatic nitrogens is 2. The molecule has 2 heterocycles. The third kappa shape index (κ3) is 2.84. The molecule has 0 atom stereocenters. The topological polar surface area (TPSA) is 50.2 Å².